The van der Waals surface area contributed by atoms with Crippen LogP contribution in [0.4, 0.5) is 0 Å². The highest BCUT2D eigenvalue weighted by molar-refractivity contribution is 7.98. The van der Waals surface area contributed by atoms with Gasteiger partial charge in [-0.1, -0.05) is 71.9 Å². The smallest absolute Gasteiger partial charge is 0.119 e. The molecule has 0 unspecified atom stereocenters. The quantitative estimate of drug-likeness (QED) is 0.649. The van der Waals surface area contributed by atoms with E-state index in [-0.39, 0.29) is 0 Å². The topological polar surface area (TPSA) is 25.8 Å². The zero-order valence-electron chi connectivity index (χ0n) is 11.9. The van der Waals surface area contributed by atoms with Gasteiger partial charge in [0.1, 0.15) is 5.03 Å². The van der Waals surface area contributed by atoms with E-state index >= 15 is 0 Å². The van der Waals surface area contributed by atoms with Crippen LogP contribution in [-0.4, -0.2) is 10.2 Å². The number of benzene rings is 2. The standard InChI is InChI=1S/C18H16N2S/c1-14-6-5-7-15(12-14)13-21-18-11-10-17(19-20-18)16-8-3-2-4-9-16/h2-12H,13H2,1H3. The molecule has 104 valence electrons. The summed E-state index contributed by atoms with van der Waals surface area (Å²) < 4.78 is 0. The van der Waals surface area contributed by atoms with Crippen molar-refractivity contribution in [3.63, 3.8) is 0 Å². The number of aromatic nitrogens is 2. The largest absolute Gasteiger partial charge is 0.149 e. The minimum atomic E-state index is 0.913. The van der Waals surface area contributed by atoms with E-state index in [9.17, 15) is 0 Å². The van der Waals surface area contributed by atoms with E-state index in [1.165, 1.54) is 11.1 Å². The van der Waals surface area contributed by atoms with Gasteiger partial charge in [0.25, 0.3) is 0 Å². The van der Waals surface area contributed by atoms with Gasteiger partial charge in [-0.3, -0.25) is 0 Å². The van der Waals surface area contributed by atoms with Gasteiger partial charge in [0.05, 0.1) is 5.69 Å². The van der Waals surface area contributed by atoms with Crippen molar-refractivity contribution in [2.75, 3.05) is 0 Å². The predicted molar refractivity (Wildman–Crippen MR) is 88.2 cm³/mol. The van der Waals surface area contributed by atoms with E-state index in [0.29, 0.717) is 0 Å². The first kappa shape index (κ1) is 13.8. The van der Waals surface area contributed by atoms with Crippen molar-refractivity contribution in [3.8, 4) is 11.3 Å². The van der Waals surface area contributed by atoms with E-state index in [1.54, 1.807) is 11.8 Å². The zero-order valence-corrected chi connectivity index (χ0v) is 12.7. The Labute approximate surface area is 129 Å². The fraction of sp³-hybridized carbons (Fsp3) is 0.111. The molecule has 0 radical (unpaired) electrons. The van der Waals surface area contributed by atoms with Crippen LogP contribution in [-0.2, 0) is 5.75 Å². The lowest BCUT2D eigenvalue weighted by Gasteiger charge is -2.03. The molecule has 3 rings (SSSR count). The van der Waals surface area contributed by atoms with Gasteiger partial charge in [-0.25, -0.2) is 0 Å². The van der Waals surface area contributed by atoms with Crippen LogP contribution in [0.5, 0.6) is 0 Å². The third-order valence-corrected chi connectivity index (χ3v) is 4.17. The zero-order chi connectivity index (χ0) is 14.5. The molecule has 2 nitrogen and oxygen atoms in total. The monoisotopic (exact) mass is 292 g/mol. The van der Waals surface area contributed by atoms with E-state index in [2.05, 4.69) is 41.4 Å². The molecule has 3 aromatic rings. The van der Waals surface area contributed by atoms with Gasteiger partial charge in [0.15, 0.2) is 0 Å². The van der Waals surface area contributed by atoms with Crippen LogP contribution in [0.15, 0.2) is 71.8 Å². The van der Waals surface area contributed by atoms with Crippen LogP contribution < -0.4 is 0 Å². The Morgan fingerprint density at radius 3 is 2.43 bits per heavy atom. The highest BCUT2D eigenvalue weighted by Gasteiger charge is 2.02. The van der Waals surface area contributed by atoms with Crippen LogP contribution in [0.2, 0.25) is 0 Å². The number of thioether (sulfide) groups is 1. The summed E-state index contributed by atoms with van der Waals surface area (Å²) in [4.78, 5) is 0. The first-order valence-electron chi connectivity index (χ1n) is 6.89. The fourth-order valence-electron chi connectivity index (χ4n) is 2.12. The summed E-state index contributed by atoms with van der Waals surface area (Å²) in [6, 6.07) is 22.7. The van der Waals surface area contributed by atoms with Gasteiger partial charge in [-0.15, -0.1) is 10.2 Å². The second-order valence-corrected chi connectivity index (χ2v) is 5.90. The molecular formula is C18H16N2S. The van der Waals surface area contributed by atoms with Crippen molar-refractivity contribution >= 4 is 11.8 Å². The van der Waals surface area contributed by atoms with Crippen molar-refractivity contribution in [1.29, 1.82) is 0 Å². The van der Waals surface area contributed by atoms with Gasteiger partial charge in [0, 0.05) is 11.3 Å². The number of hydrogen-bond donors (Lipinski definition) is 0. The summed E-state index contributed by atoms with van der Waals surface area (Å²) in [7, 11) is 0. The van der Waals surface area contributed by atoms with E-state index in [1.807, 2.05) is 42.5 Å². The maximum Gasteiger partial charge on any atom is 0.119 e. The first-order valence-corrected chi connectivity index (χ1v) is 7.87. The molecule has 3 heteroatoms. The minimum absolute atomic E-state index is 0.913. The van der Waals surface area contributed by atoms with Crippen molar-refractivity contribution in [1.82, 2.24) is 10.2 Å². The molecule has 0 aliphatic rings. The molecule has 1 aromatic heterocycles. The van der Waals surface area contributed by atoms with Gasteiger partial charge in [0.2, 0.25) is 0 Å². The Balaban J connectivity index is 1.68. The van der Waals surface area contributed by atoms with Crippen molar-refractivity contribution < 1.29 is 0 Å². The Kier molecular flexibility index (Phi) is 4.31. The van der Waals surface area contributed by atoms with Crippen LogP contribution >= 0.6 is 11.8 Å². The molecule has 0 spiro atoms. The summed E-state index contributed by atoms with van der Waals surface area (Å²) in [5.41, 5.74) is 4.61. The molecule has 2 aromatic carbocycles. The summed E-state index contributed by atoms with van der Waals surface area (Å²) in [5, 5.41) is 9.57. The molecule has 0 saturated carbocycles. The molecule has 1 heterocycles. The van der Waals surface area contributed by atoms with Crippen molar-refractivity contribution in [2.24, 2.45) is 0 Å². The van der Waals surface area contributed by atoms with E-state index < -0.39 is 0 Å². The minimum Gasteiger partial charge on any atom is -0.149 e. The van der Waals surface area contributed by atoms with Gasteiger partial charge < -0.3 is 0 Å². The number of aryl methyl sites for hydroxylation is 1. The van der Waals surface area contributed by atoms with Gasteiger partial charge in [-0.2, -0.15) is 0 Å². The average Bonchev–Trinajstić information content (AvgIpc) is 2.54. The number of hydrogen-bond acceptors (Lipinski definition) is 3. The Morgan fingerprint density at radius 1 is 0.857 bits per heavy atom. The Morgan fingerprint density at radius 2 is 1.71 bits per heavy atom. The lowest BCUT2D eigenvalue weighted by molar-refractivity contribution is 0.935. The summed E-state index contributed by atoms with van der Waals surface area (Å²) in [6.07, 6.45) is 0. The second kappa shape index (κ2) is 6.55. The molecule has 0 aliphatic heterocycles. The molecule has 0 atom stereocenters. The summed E-state index contributed by atoms with van der Waals surface area (Å²) >= 11 is 1.71. The van der Waals surface area contributed by atoms with Crippen LogP contribution in [0.1, 0.15) is 11.1 Å². The number of rotatable bonds is 4. The molecule has 0 amide bonds. The normalized spacial score (nSPS) is 10.5. The summed E-state index contributed by atoms with van der Waals surface area (Å²) in [5.74, 6) is 0.918. The van der Waals surface area contributed by atoms with E-state index in [4.69, 9.17) is 0 Å². The van der Waals surface area contributed by atoms with Crippen LogP contribution in [0.25, 0.3) is 11.3 Å². The van der Waals surface area contributed by atoms with Gasteiger partial charge in [-0.05, 0) is 24.6 Å². The maximum atomic E-state index is 4.31. The Hall–Kier alpha value is -2.13. The molecule has 21 heavy (non-hydrogen) atoms. The molecule has 0 fully saturated rings. The average molecular weight is 292 g/mol. The van der Waals surface area contributed by atoms with Crippen LogP contribution in [0, 0.1) is 6.92 Å². The van der Waals surface area contributed by atoms with Crippen LogP contribution in [0.3, 0.4) is 0 Å². The van der Waals surface area contributed by atoms with Gasteiger partial charge >= 0.3 is 0 Å². The third kappa shape index (κ3) is 3.70. The first-order chi connectivity index (χ1) is 10.3. The summed E-state index contributed by atoms with van der Waals surface area (Å²) in [6.45, 7) is 2.11. The maximum absolute atomic E-state index is 4.31. The molecule has 0 saturated heterocycles. The SMILES string of the molecule is Cc1cccc(CSc2ccc(-c3ccccc3)nn2)c1. The lowest BCUT2D eigenvalue weighted by Crippen LogP contribution is -1.90. The lowest BCUT2D eigenvalue weighted by atomic mass is 10.1. The molecule has 0 N–H and O–H groups in total. The second-order valence-electron chi connectivity index (χ2n) is 4.90. The van der Waals surface area contributed by atoms with Crippen molar-refractivity contribution in [3.05, 3.63) is 77.9 Å². The molecule has 0 bridgehead atoms. The molecule has 0 aliphatic carbocycles. The highest BCUT2D eigenvalue weighted by Crippen LogP contribution is 2.22. The fourth-order valence-corrected chi connectivity index (χ4v) is 2.88. The van der Waals surface area contributed by atoms with Crippen molar-refractivity contribution in [2.45, 2.75) is 17.7 Å². The molecular weight excluding hydrogens is 276 g/mol. The van der Waals surface area contributed by atoms with E-state index in [0.717, 1.165) is 22.0 Å². The number of nitrogens with zero attached hydrogens (tertiary/aromatic N) is 2. The highest BCUT2D eigenvalue weighted by atomic mass is 32.2. The predicted octanol–water partition coefficient (Wildman–Crippen LogP) is 4.74. The third-order valence-electron chi connectivity index (χ3n) is 3.18. The Bertz CT molecular complexity index is 709.